The quantitative estimate of drug-likeness (QED) is 0.924. The predicted molar refractivity (Wildman–Crippen MR) is 88.2 cm³/mol. The number of hydrogen-bond acceptors (Lipinski definition) is 2. The fourth-order valence-electron chi connectivity index (χ4n) is 3.32. The number of fused-ring (bicyclic) bond motifs is 1. The van der Waals surface area contributed by atoms with Crippen LogP contribution in [0, 0.1) is 5.92 Å². The van der Waals surface area contributed by atoms with Gasteiger partial charge in [0.1, 0.15) is 5.69 Å². The molecule has 118 valence electrons. The molecule has 0 bridgehead atoms. The first-order valence-corrected chi connectivity index (χ1v) is 8.08. The fourth-order valence-corrected chi connectivity index (χ4v) is 3.69. The number of piperidine rings is 1. The minimum Gasteiger partial charge on any atom is -0.393 e. The Morgan fingerprint density at radius 3 is 2.55 bits per heavy atom. The van der Waals surface area contributed by atoms with Crippen molar-refractivity contribution in [3.05, 3.63) is 35.0 Å². The molecule has 22 heavy (non-hydrogen) atoms. The molecule has 0 aliphatic carbocycles. The summed E-state index contributed by atoms with van der Waals surface area (Å²) in [5, 5.41) is 11.1. The van der Waals surface area contributed by atoms with Gasteiger partial charge in [-0.3, -0.25) is 4.79 Å². The van der Waals surface area contributed by atoms with Crippen LogP contribution in [-0.4, -0.2) is 39.7 Å². The maximum Gasteiger partial charge on any atom is 0.272 e. The standard InChI is InChI=1S/C17H21ClN2O2/c1-11(21)12-7-9-20(10-8-12)17(22)16-15(18)13-5-3-4-6-14(13)19(16)2/h3-6,11-12,21H,7-10H2,1-2H3. The summed E-state index contributed by atoms with van der Waals surface area (Å²) in [5.41, 5.74) is 1.52. The van der Waals surface area contributed by atoms with Crippen molar-refractivity contribution < 1.29 is 9.90 Å². The number of amides is 1. The molecule has 4 nitrogen and oxygen atoms in total. The van der Waals surface area contributed by atoms with Crippen molar-refractivity contribution in [3.63, 3.8) is 0 Å². The van der Waals surface area contributed by atoms with E-state index in [0.717, 1.165) is 23.7 Å². The number of rotatable bonds is 2. The Hall–Kier alpha value is -1.52. The van der Waals surface area contributed by atoms with E-state index in [1.807, 2.05) is 47.7 Å². The van der Waals surface area contributed by atoms with Gasteiger partial charge in [0.25, 0.3) is 5.91 Å². The molecule has 1 aromatic heterocycles. The summed E-state index contributed by atoms with van der Waals surface area (Å²) in [5.74, 6) is 0.264. The number of aromatic nitrogens is 1. The Kier molecular flexibility index (Phi) is 4.15. The highest BCUT2D eigenvalue weighted by Crippen LogP contribution is 2.31. The van der Waals surface area contributed by atoms with E-state index in [0.29, 0.717) is 23.8 Å². The van der Waals surface area contributed by atoms with Crippen molar-refractivity contribution in [2.24, 2.45) is 13.0 Å². The van der Waals surface area contributed by atoms with Gasteiger partial charge < -0.3 is 14.6 Å². The summed E-state index contributed by atoms with van der Waals surface area (Å²) in [6, 6.07) is 7.78. The molecular weight excluding hydrogens is 300 g/mol. The van der Waals surface area contributed by atoms with E-state index in [1.54, 1.807) is 0 Å². The molecule has 1 amide bonds. The Morgan fingerprint density at radius 1 is 1.32 bits per heavy atom. The van der Waals surface area contributed by atoms with Gasteiger partial charge in [0.15, 0.2) is 0 Å². The van der Waals surface area contributed by atoms with E-state index in [9.17, 15) is 9.90 Å². The third kappa shape index (κ3) is 2.50. The van der Waals surface area contributed by atoms with Gasteiger partial charge in [-0.1, -0.05) is 29.8 Å². The van der Waals surface area contributed by atoms with Crippen molar-refractivity contribution >= 4 is 28.4 Å². The number of halogens is 1. The lowest BCUT2D eigenvalue weighted by atomic mass is 9.92. The number of carbonyl (C=O) groups excluding carboxylic acids is 1. The van der Waals surface area contributed by atoms with Gasteiger partial charge in [0.2, 0.25) is 0 Å². The van der Waals surface area contributed by atoms with E-state index in [-0.39, 0.29) is 17.9 Å². The number of nitrogens with zero attached hydrogens (tertiary/aromatic N) is 2. The summed E-state index contributed by atoms with van der Waals surface area (Å²) >= 11 is 6.45. The molecule has 0 spiro atoms. The number of aliphatic hydroxyl groups excluding tert-OH is 1. The number of carbonyl (C=O) groups is 1. The van der Waals surface area contributed by atoms with E-state index < -0.39 is 0 Å². The average molecular weight is 321 g/mol. The molecule has 2 heterocycles. The molecule has 2 aromatic rings. The highest BCUT2D eigenvalue weighted by molar-refractivity contribution is 6.38. The smallest absolute Gasteiger partial charge is 0.272 e. The number of benzene rings is 1. The lowest BCUT2D eigenvalue weighted by Gasteiger charge is -2.33. The number of likely N-dealkylation sites (tertiary alicyclic amines) is 1. The predicted octanol–water partition coefficient (Wildman–Crippen LogP) is 3.06. The van der Waals surface area contributed by atoms with Crippen molar-refractivity contribution in [2.75, 3.05) is 13.1 Å². The normalized spacial score (nSPS) is 17.9. The number of hydrogen-bond donors (Lipinski definition) is 1. The van der Waals surface area contributed by atoms with Crippen LogP contribution in [0.3, 0.4) is 0 Å². The highest BCUT2D eigenvalue weighted by atomic mass is 35.5. The second kappa shape index (κ2) is 5.94. The molecule has 1 fully saturated rings. The van der Waals surface area contributed by atoms with Gasteiger partial charge in [-0.15, -0.1) is 0 Å². The second-order valence-corrected chi connectivity index (χ2v) is 6.49. The van der Waals surface area contributed by atoms with Crippen LogP contribution in [0.2, 0.25) is 5.02 Å². The zero-order valence-electron chi connectivity index (χ0n) is 12.9. The molecule has 1 aliphatic rings. The van der Waals surface area contributed by atoms with Crippen molar-refractivity contribution in [3.8, 4) is 0 Å². The first kappa shape index (κ1) is 15.4. The van der Waals surface area contributed by atoms with E-state index >= 15 is 0 Å². The van der Waals surface area contributed by atoms with Crippen LogP contribution in [0.1, 0.15) is 30.3 Å². The molecule has 1 atom stereocenters. The van der Waals surface area contributed by atoms with E-state index in [1.165, 1.54) is 0 Å². The maximum absolute atomic E-state index is 12.8. The number of aliphatic hydroxyl groups is 1. The Labute approximate surface area is 135 Å². The summed E-state index contributed by atoms with van der Waals surface area (Å²) in [6.45, 7) is 3.17. The van der Waals surface area contributed by atoms with E-state index in [2.05, 4.69) is 0 Å². The fraction of sp³-hybridized carbons (Fsp3) is 0.471. The Morgan fingerprint density at radius 2 is 1.95 bits per heavy atom. The van der Waals surface area contributed by atoms with Gasteiger partial charge in [0, 0.05) is 31.0 Å². The maximum atomic E-state index is 12.8. The van der Waals surface area contributed by atoms with Gasteiger partial charge in [-0.2, -0.15) is 0 Å². The molecule has 1 N–H and O–H groups in total. The summed E-state index contributed by atoms with van der Waals surface area (Å²) in [4.78, 5) is 14.7. The summed E-state index contributed by atoms with van der Waals surface area (Å²) < 4.78 is 1.88. The first-order chi connectivity index (χ1) is 10.5. The second-order valence-electron chi connectivity index (χ2n) is 6.11. The zero-order valence-corrected chi connectivity index (χ0v) is 13.7. The van der Waals surface area contributed by atoms with Crippen LogP contribution in [0.15, 0.2) is 24.3 Å². The lowest BCUT2D eigenvalue weighted by molar-refractivity contribution is 0.0515. The lowest BCUT2D eigenvalue weighted by Crippen LogP contribution is -2.41. The van der Waals surface area contributed by atoms with Gasteiger partial charge >= 0.3 is 0 Å². The highest BCUT2D eigenvalue weighted by Gasteiger charge is 2.29. The van der Waals surface area contributed by atoms with Gasteiger partial charge in [0.05, 0.1) is 11.1 Å². The summed E-state index contributed by atoms with van der Waals surface area (Å²) in [6.07, 6.45) is 1.37. The number of para-hydroxylation sites is 1. The molecule has 5 heteroatoms. The van der Waals surface area contributed by atoms with Crippen LogP contribution >= 0.6 is 11.6 Å². The van der Waals surface area contributed by atoms with Crippen LogP contribution < -0.4 is 0 Å². The average Bonchev–Trinajstić information content (AvgIpc) is 2.79. The zero-order chi connectivity index (χ0) is 15.9. The van der Waals surface area contributed by atoms with Crippen molar-refractivity contribution in [1.82, 2.24) is 9.47 Å². The minimum absolute atomic E-state index is 0.0206. The topological polar surface area (TPSA) is 45.5 Å². The summed E-state index contributed by atoms with van der Waals surface area (Å²) in [7, 11) is 1.88. The third-order valence-corrected chi connectivity index (χ3v) is 5.14. The van der Waals surface area contributed by atoms with Crippen LogP contribution in [-0.2, 0) is 7.05 Å². The molecule has 1 unspecified atom stereocenters. The van der Waals surface area contributed by atoms with Gasteiger partial charge in [-0.05, 0) is 31.7 Å². The Bertz CT molecular complexity index is 661. The molecule has 0 saturated carbocycles. The van der Waals surface area contributed by atoms with Crippen molar-refractivity contribution in [1.29, 1.82) is 0 Å². The Balaban J connectivity index is 1.87. The van der Waals surface area contributed by atoms with E-state index in [4.69, 9.17) is 11.6 Å². The molecule has 3 rings (SSSR count). The van der Waals surface area contributed by atoms with Crippen LogP contribution in [0.5, 0.6) is 0 Å². The molecule has 1 aromatic carbocycles. The monoisotopic (exact) mass is 320 g/mol. The molecule has 1 aliphatic heterocycles. The third-order valence-electron chi connectivity index (χ3n) is 4.76. The van der Waals surface area contributed by atoms with Crippen LogP contribution in [0.4, 0.5) is 0 Å². The van der Waals surface area contributed by atoms with Crippen molar-refractivity contribution in [2.45, 2.75) is 25.9 Å². The van der Waals surface area contributed by atoms with Gasteiger partial charge in [-0.25, -0.2) is 0 Å². The minimum atomic E-state index is -0.307. The number of aryl methyl sites for hydroxylation is 1. The largest absolute Gasteiger partial charge is 0.393 e. The molecule has 1 saturated heterocycles. The molecule has 0 radical (unpaired) electrons. The first-order valence-electron chi connectivity index (χ1n) is 7.71. The molecular formula is C17H21ClN2O2. The SMILES string of the molecule is CC(O)C1CCN(C(=O)c2c(Cl)c3ccccc3n2C)CC1. The van der Waals surface area contributed by atoms with Crippen LogP contribution in [0.25, 0.3) is 10.9 Å².